The molecule has 1 aliphatic carbocycles. The van der Waals surface area contributed by atoms with Crippen LogP contribution in [-0.2, 0) is 11.8 Å². The lowest BCUT2D eigenvalue weighted by Crippen LogP contribution is -2.66. The molecular formula is C19H28N10O. The number of aliphatic imine (C=N–C) groups is 2. The summed E-state index contributed by atoms with van der Waals surface area (Å²) in [5.41, 5.74) is 23.8. The summed E-state index contributed by atoms with van der Waals surface area (Å²) in [5.74, 6) is -1.11. The first-order valence-corrected chi connectivity index (χ1v) is 9.64. The molecule has 9 N–H and O–H groups in total. The highest BCUT2D eigenvalue weighted by molar-refractivity contribution is 6.66. The van der Waals surface area contributed by atoms with E-state index in [0.29, 0.717) is 17.8 Å². The van der Waals surface area contributed by atoms with Gasteiger partial charge in [-0.05, 0) is 25.0 Å². The second-order valence-corrected chi connectivity index (χ2v) is 7.62. The number of hydrogen-bond donors (Lipinski definition) is 5. The molecule has 11 heteroatoms. The van der Waals surface area contributed by atoms with Gasteiger partial charge in [-0.25, -0.2) is 9.98 Å². The molecule has 0 aliphatic heterocycles. The van der Waals surface area contributed by atoms with Crippen molar-refractivity contribution in [3.05, 3.63) is 24.5 Å². The van der Waals surface area contributed by atoms with Gasteiger partial charge in [-0.1, -0.05) is 12.8 Å². The molecule has 0 aromatic carbocycles. The molecule has 11 nitrogen and oxygen atoms in total. The van der Waals surface area contributed by atoms with Gasteiger partial charge in [0.05, 0.1) is 17.4 Å². The smallest absolute Gasteiger partial charge is 0.270 e. The van der Waals surface area contributed by atoms with Crippen molar-refractivity contribution in [1.29, 1.82) is 5.41 Å². The molecule has 1 aliphatic rings. The molecule has 0 unspecified atom stereocenters. The Balaban J connectivity index is 2.02. The van der Waals surface area contributed by atoms with Crippen LogP contribution in [0.15, 0.2) is 34.5 Å². The van der Waals surface area contributed by atoms with Crippen LogP contribution in [0.4, 0.5) is 5.69 Å². The molecular weight excluding hydrogens is 384 g/mol. The Bertz CT molecular complexity index is 1040. The molecule has 160 valence electrons. The van der Waals surface area contributed by atoms with Crippen molar-refractivity contribution in [2.75, 3.05) is 7.05 Å². The number of primary amides is 1. The first kappa shape index (κ1) is 21.4. The predicted octanol–water partition coefficient (Wildman–Crippen LogP) is -0.0888. The van der Waals surface area contributed by atoms with Crippen LogP contribution < -0.4 is 22.9 Å². The third-order valence-corrected chi connectivity index (χ3v) is 5.45. The molecule has 2 heterocycles. The van der Waals surface area contributed by atoms with E-state index in [0.717, 1.165) is 24.6 Å². The third-order valence-electron chi connectivity index (χ3n) is 5.45. The van der Waals surface area contributed by atoms with Gasteiger partial charge in [-0.3, -0.25) is 10.2 Å². The first-order chi connectivity index (χ1) is 14.1. The van der Waals surface area contributed by atoms with Gasteiger partial charge in [0.2, 0.25) is 0 Å². The quantitative estimate of drug-likeness (QED) is 0.265. The van der Waals surface area contributed by atoms with E-state index in [-0.39, 0.29) is 17.8 Å². The maximum atomic E-state index is 11.7. The van der Waals surface area contributed by atoms with Gasteiger partial charge in [0.25, 0.3) is 5.91 Å². The average Bonchev–Trinajstić information content (AvgIpc) is 3.08. The zero-order valence-corrected chi connectivity index (χ0v) is 17.2. The zero-order chi connectivity index (χ0) is 22.1. The van der Waals surface area contributed by atoms with Gasteiger partial charge in [0.15, 0.2) is 17.5 Å². The number of nitrogens with two attached hydrogens (primary N) is 4. The number of pyridine rings is 1. The van der Waals surface area contributed by atoms with Gasteiger partial charge in [0.1, 0.15) is 5.65 Å². The number of carbonyl (C=O) groups is 1. The Morgan fingerprint density at radius 3 is 2.73 bits per heavy atom. The number of hydrogen-bond acceptors (Lipinski definition) is 6. The standard InChI is InChI=1S/C19H28N10O/c1-28-10-7-11-12(6-9-25-17(11)28)26-16(14(20)15(21)30)27-18(22)29(2)13-5-3-4-8-19(13,23)24/h6-7,9-10,13,20H,3-5,8,23-24H2,1-2H3,(H2,21,30)(H2,22,25,26,27)/t13-/m1/s1. The highest BCUT2D eigenvalue weighted by Gasteiger charge is 2.37. The second-order valence-electron chi connectivity index (χ2n) is 7.62. The molecule has 1 amide bonds. The Kier molecular flexibility index (Phi) is 5.85. The van der Waals surface area contributed by atoms with Crippen molar-refractivity contribution < 1.29 is 4.79 Å². The fraction of sp³-hybridized carbons (Fsp3) is 0.421. The van der Waals surface area contributed by atoms with Crippen LogP contribution >= 0.6 is 0 Å². The van der Waals surface area contributed by atoms with E-state index in [1.807, 2.05) is 23.9 Å². The summed E-state index contributed by atoms with van der Waals surface area (Å²) in [7, 11) is 3.59. The van der Waals surface area contributed by atoms with Crippen LogP contribution in [0.25, 0.3) is 11.0 Å². The molecule has 0 saturated heterocycles. The van der Waals surface area contributed by atoms with Gasteiger partial charge >= 0.3 is 0 Å². The average molecular weight is 413 g/mol. The lowest BCUT2D eigenvalue weighted by molar-refractivity contribution is -0.111. The summed E-state index contributed by atoms with van der Waals surface area (Å²) in [6.45, 7) is 0. The number of carbonyl (C=O) groups excluding carboxylic acids is 1. The number of nitrogens with one attached hydrogen (secondary N) is 1. The minimum absolute atomic E-state index is 0.0466. The summed E-state index contributed by atoms with van der Waals surface area (Å²) in [5, 5.41) is 8.81. The number of fused-ring (bicyclic) bond motifs is 1. The normalized spacial score (nSPS) is 19.7. The first-order valence-electron chi connectivity index (χ1n) is 9.64. The second kappa shape index (κ2) is 8.20. The van der Waals surface area contributed by atoms with Crippen molar-refractivity contribution in [1.82, 2.24) is 14.5 Å². The maximum absolute atomic E-state index is 11.7. The lowest BCUT2D eigenvalue weighted by atomic mass is 9.85. The number of guanidine groups is 1. The Labute approximate surface area is 174 Å². The van der Waals surface area contributed by atoms with E-state index in [4.69, 9.17) is 28.3 Å². The summed E-state index contributed by atoms with van der Waals surface area (Å²) in [4.78, 5) is 26.3. The fourth-order valence-corrected chi connectivity index (χ4v) is 3.71. The van der Waals surface area contributed by atoms with E-state index < -0.39 is 17.3 Å². The molecule has 1 fully saturated rings. The van der Waals surface area contributed by atoms with Crippen molar-refractivity contribution in [3.8, 4) is 0 Å². The Morgan fingerprint density at radius 2 is 2.07 bits per heavy atom. The number of aromatic nitrogens is 2. The van der Waals surface area contributed by atoms with Gasteiger partial charge in [0, 0.05) is 31.9 Å². The molecule has 2 aromatic heterocycles. The SMILES string of the molecule is CN(C(N)=NC(=Nc1ccnc2c1ccn2C)C(=N)C(N)=O)[C@@H]1CCCCC1(N)N. The topological polar surface area (TPSA) is 191 Å². The van der Waals surface area contributed by atoms with Gasteiger partial charge < -0.3 is 32.4 Å². The van der Waals surface area contributed by atoms with Crippen LogP contribution in [0.5, 0.6) is 0 Å². The molecule has 30 heavy (non-hydrogen) atoms. The fourth-order valence-electron chi connectivity index (χ4n) is 3.71. The van der Waals surface area contributed by atoms with Crippen molar-refractivity contribution in [3.63, 3.8) is 0 Å². The maximum Gasteiger partial charge on any atom is 0.270 e. The summed E-state index contributed by atoms with van der Waals surface area (Å²) >= 11 is 0. The predicted molar refractivity (Wildman–Crippen MR) is 117 cm³/mol. The number of nitrogens with zero attached hydrogens (tertiary/aromatic N) is 5. The molecule has 0 radical (unpaired) electrons. The molecule has 0 spiro atoms. The number of amidine groups is 1. The van der Waals surface area contributed by atoms with Gasteiger partial charge in [-0.2, -0.15) is 4.99 Å². The molecule has 1 atom stereocenters. The molecule has 0 bridgehead atoms. The van der Waals surface area contributed by atoms with E-state index >= 15 is 0 Å². The summed E-state index contributed by atoms with van der Waals surface area (Å²) < 4.78 is 1.84. The largest absolute Gasteiger partial charge is 0.369 e. The van der Waals surface area contributed by atoms with Crippen LogP contribution in [-0.4, -0.2) is 56.6 Å². The summed E-state index contributed by atoms with van der Waals surface area (Å²) in [6.07, 6.45) is 6.77. The minimum atomic E-state index is -0.962. The van der Waals surface area contributed by atoms with Crippen LogP contribution in [0.3, 0.4) is 0 Å². The molecule has 3 rings (SSSR count). The number of aryl methyl sites for hydroxylation is 1. The van der Waals surface area contributed by atoms with E-state index in [1.54, 1.807) is 24.2 Å². The molecule has 1 saturated carbocycles. The lowest BCUT2D eigenvalue weighted by Gasteiger charge is -2.43. The van der Waals surface area contributed by atoms with Crippen LogP contribution in [0, 0.1) is 5.41 Å². The van der Waals surface area contributed by atoms with Crippen molar-refractivity contribution in [2.45, 2.75) is 37.4 Å². The van der Waals surface area contributed by atoms with Gasteiger partial charge in [-0.15, -0.1) is 0 Å². The number of likely N-dealkylation sites (N-methyl/N-ethyl adjacent to an activating group) is 1. The number of amides is 1. The van der Waals surface area contributed by atoms with E-state index in [9.17, 15) is 4.79 Å². The number of rotatable bonds is 4. The monoisotopic (exact) mass is 412 g/mol. The highest BCUT2D eigenvalue weighted by atomic mass is 16.1. The summed E-state index contributed by atoms with van der Waals surface area (Å²) in [6, 6.07) is 3.27. The van der Waals surface area contributed by atoms with E-state index in [2.05, 4.69) is 15.0 Å². The highest BCUT2D eigenvalue weighted by Crippen LogP contribution is 2.27. The van der Waals surface area contributed by atoms with Crippen molar-refractivity contribution in [2.24, 2.45) is 40.0 Å². The zero-order valence-electron chi connectivity index (χ0n) is 17.2. The molecule has 2 aromatic rings. The minimum Gasteiger partial charge on any atom is -0.369 e. The third kappa shape index (κ3) is 4.16. The van der Waals surface area contributed by atoms with Crippen LogP contribution in [0.2, 0.25) is 0 Å². The van der Waals surface area contributed by atoms with Crippen molar-refractivity contribution >= 4 is 40.1 Å². The van der Waals surface area contributed by atoms with E-state index in [1.165, 1.54) is 0 Å². The Morgan fingerprint density at radius 1 is 1.33 bits per heavy atom. The van der Waals surface area contributed by atoms with Crippen LogP contribution in [0.1, 0.15) is 25.7 Å². The Hall–Kier alpha value is -3.31.